The van der Waals surface area contributed by atoms with Gasteiger partial charge in [0.1, 0.15) is 12.6 Å². The fraction of sp³-hybridized carbons (Fsp3) is 0.500. The smallest absolute Gasteiger partial charge is 0.268 e. The summed E-state index contributed by atoms with van der Waals surface area (Å²) in [5.41, 5.74) is 2.09. The van der Waals surface area contributed by atoms with Crippen molar-refractivity contribution in [3.8, 4) is 0 Å². The van der Waals surface area contributed by atoms with E-state index in [9.17, 15) is 9.59 Å². The van der Waals surface area contributed by atoms with Crippen LogP contribution in [-0.4, -0.2) is 25.0 Å². The Morgan fingerprint density at radius 3 is 3.11 bits per heavy atom. The number of carbonyl (C=O) groups excluding carboxylic acids is 2. The Morgan fingerprint density at radius 1 is 1.89 bits per heavy atom. The predicted octanol–water partition coefficient (Wildman–Crippen LogP) is -1.84. The zero-order valence-electron chi connectivity index (χ0n) is 4.59. The summed E-state index contributed by atoms with van der Waals surface area (Å²) < 4.78 is 0. The molecular formula is C4H6N2O3. The van der Waals surface area contributed by atoms with Crippen LogP contribution in [0.25, 0.3) is 0 Å². The van der Waals surface area contributed by atoms with Crippen molar-refractivity contribution >= 4 is 12.3 Å². The minimum absolute atomic E-state index is 0.206. The third kappa shape index (κ3) is 1.17. The molecule has 0 spiro atoms. The van der Waals surface area contributed by atoms with Crippen LogP contribution >= 0.6 is 0 Å². The first kappa shape index (κ1) is 6.03. The van der Waals surface area contributed by atoms with E-state index in [-0.39, 0.29) is 12.5 Å². The minimum Gasteiger partial charge on any atom is -0.345 e. The van der Waals surface area contributed by atoms with Crippen LogP contribution < -0.4 is 10.8 Å². The van der Waals surface area contributed by atoms with Gasteiger partial charge in [0.15, 0.2) is 0 Å². The first-order valence-electron chi connectivity index (χ1n) is 2.46. The van der Waals surface area contributed by atoms with E-state index in [1.165, 1.54) is 0 Å². The first-order valence-corrected chi connectivity index (χ1v) is 2.46. The zero-order valence-corrected chi connectivity index (χ0v) is 4.59. The molecule has 0 aromatic carbocycles. The Labute approximate surface area is 51.3 Å². The number of nitrogens with one attached hydrogen (secondary N) is 2. The van der Waals surface area contributed by atoms with Crippen LogP contribution in [0.5, 0.6) is 0 Å². The van der Waals surface area contributed by atoms with Gasteiger partial charge >= 0.3 is 0 Å². The molecule has 2 amide bonds. The molecule has 0 aromatic heterocycles. The van der Waals surface area contributed by atoms with E-state index < -0.39 is 6.04 Å². The highest BCUT2D eigenvalue weighted by molar-refractivity contribution is 5.84. The SMILES string of the molecule is O=CNC1CONC1=O. The average Bonchev–Trinajstić information content (AvgIpc) is 2.18. The van der Waals surface area contributed by atoms with Gasteiger partial charge in [-0.25, -0.2) is 5.48 Å². The van der Waals surface area contributed by atoms with Gasteiger partial charge in [0.25, 0.3) is 5.91 Å². The molecule has 1 unspecified atom stereocenters. The fourth-order valence-electron chi connectivity index (χ4n) is 0.549. The summed E-state index contributed by atoms with van der Waals surface area (Å²) in [4.78, 5) is 24.8. The Balaban J connectivity index is 2.39. The third-order valence-electron chi connectivity index (χ3n) is 1.01. The second-order valence-corrected chi connectivity index (χ2v) is 1.61. The van der Waals surface area contributed by atoms with Gasteiger partial charge in [-0.15, -0.1) is 0 Å². The summed E-state index contributed by atoms with van der Waals surface area (Å²) in [7, 11) is 0. The van der Waals surface area contributed by atoms with Crippen LogP contribution in [0.3, 0.4) is 0 Å². The molecule has 1 aliphatic rings. The van der Waals surface area contributed by atoms with E-state index in [1.807, 2.05) is 0 Å². The van der Waals surface area contributed by atoms with E-state index in [0.29, 0.717) is 6.41 Å². The normalized spacial score (nSPS) is 25.3. The van der Waals surface area contributed by atoms with Crippen LogP contribution in [-0.2, 0) is 14.4 Å². The molecule has 2 N–H and O–H groups in total. The lowest BCUT2D eigenvalue weighted by Gasteiger charge is -1.98. The van der Waals surface area contributed by atoms with Crippen LogP contribution in [0, 0.1) is 0 Å². The maximum Gasteiger partial charge on any atom is 0.268 e. The monoisotopic (exact) mass is 130 g/mol. The number of hydrogen-bond donors (Lipinski definition) is 2. The molecule has 1 saturated heterocycles. The van der Waals surface area contributed by atoms with E-state index in [4.69, 9.17) is 0 Å². The number of carbonyl (C=O) groups is 2. The third-order valence-corrected chi connectivity index (χ3v) is 1.01. The van der Waals surface area contributed by atoms with Crippen molar-refractivity contribution in [3.05, 3.63) is 0 Å². The Kier molecular flexibility index (Phi) is 1.64. The van der Waals surface area contributed by atoms with Crippen LogP contribution in [0.1, 0.15) is 0 Å². The summed E-state index contributed by atoms with van der Waals surface area (Å²) in [6, 6.07) is -0.512. The molecule has 1 aliphatic heterocycles. The molecule has 1 fully saturated rings. The summed E-state index contributed by atoms with van der Waals surface area (Å²) >= 11 is 0. The van der Waals surface area contributed by atoms with Crippen LogP contribution in [0.15, 0.2) is 0 Å². The van der Waals surface area contributed by atoms with Gasteiger partial charge in [0.05, 0.1) is 0 Å². The second kappa shape index (κ2) is 2.45. The summed E-state index contributed by atoms with van der Waals surface area (Å²) in [5.74, 6) is -0.304. The molecule has 0 aromatic rings. The van der Waals surface area contributed by atoms with Gasteiger partial charge in [0.2, 0.25) is 6.41 Å². The van der Waals surface area contributed by atoms with Crippen molar-refractivity contribution in [1.82, 2.24) is 10.8 Å². The summed E-state index contributed by atoms with van der Waals surface area (Å²) in [6.45, 7) is 0.206. The minimum atomic E-state index is -0.512. The van der Waals surface area contributed by atoms with Crippen molar-refractivity contribution < 1.29 is 14.4 Å². The lowest BCUT2D eigenvalue weighted by atomic mass is 10.3. The quantitative estimate of drug-likeness (QED) is 0.432. The lowest BCUT2D eigenvalue weighted by molar-refractivity contribution is -0.126. The zero-order chi connectivity index (χ0) is 6.69. The van der Waals surface area contributed by atoms with Gasteiger partial charge in [-0.1, -0.05) is 0 Å². The molecular weight excluding hydrogens is 124 g/mol. The highest BCUT2D eigenvalue weighted by Crippen LogP contribution is 1.91. The molecule has 50 valence electrons. The van der Waals surface area contributed by atoms with E-state index in [2.05, 4.69) is 15.6 Å². The molecule has 0 saturated carbocycles. The standard InChI is InChI=1S/C4H6N2O3/c7-2-5-3-1-9-6-4(3)8/h2-3H,1H2,(H,5,7)(H,6,8). The number of rotatable bonds is 2. The second-order valence-electron chi connectivity index (χ2n) is 1.61. The van der Waals surface area contributed by atoms with Gasteiger partial charge in [-0.2, -0.15) is 0 Å². The van der Waals surface area contributed by atoms with E-state index in [1.54, 1.807) is 0 Å². The molecule has 1 heterocycles. The Hall–Kier alpha value is -1.10. The molecule has 0 aliphatic carbocycles. The molecule has 1 rings (SSSR count). The Bertz CT molecular complexity index is 136. The van der Waals surface area contributed by atoms with Gasteiger partial charge < -0.3 is 5.32 Å². The lowest BCUT2D eigenvalue weighted by Crippen LogP contribution is -2.36. The van der Waals surface area contributed by atoms with E-state index in [0.717, 1.165) is 0 Å². The topological polar surface area (TPSA) is 67.4 Å². The molecule has 5 nitrogen and oxygen atoms in total. The molecule has 0 radical (unpaired) electrons. The molecule has 0 bridgehead atoms. The largest absolute Gasteiger partial charge is 0.345 e. The first-order chi connectivity index (χ1) is 4.34. The highest BCUT2D eigenvalue weighted by atomic mass is 16.7. The maximum atomic E-state index is 10.5. The molecule has 5 heteroatoms. The van der Waals surface area contributed by atoms with Gasteiger partial charge in [0, 0.05) is 0 Å². The fourth-order valence-corrected chi connectivity index (χ4v) is 0.549. The van der Waals surface area contributed by atoms with Crippen molar-refractivity contribution in [2.24, 2.45) is 0 Å². The number of hydrogen-bond acceptors (Lipinski definition) is 3. The highest BCUT2D eigenvalue weighted by Gasteiger charge is 2.23. The average molecular weight is 130 g/mol. The summed E-state index contributed by atoms with van der Waals surface area (Å²) in [6.07, 6.45) is 0.471. The molecule has 1 atom stereocenters. The van der Waals surface area contributed by atoms with Crippen molar-refractivity contribution in [1.29, 1.82) is 0 Å². The maximum absolute atomic E-state index is 10.5. The predicted molar refractivity (Wildman–Crippen MR) is 27.1 cm³/mol. The molecule has 9 heavy (non-hydrogen) atoms. The Morgan fingerprint density at radius 2 is 2.67 bits per heavy atom. The van der Waals surface area contributed by atoms with Crippen LogP contribution in [0.2, 0.25) is 0 Å². The number of amides is 2. The van der Waals surface area contributed by atoms with Gasteiger partial charge in [-0.05, 0) is 0 Å². The summed E-state index contributed by atoms with van der Waals surface area (Å²) in [5, 5.41) is 2.28. The van der Waals surface area contributed by atoms with Crippen molar-refractivity contribution in [3.63, 3.8) is 0 Å². The van der Waals surface area contributed by atoms with E-state index >= 15 is 0 Å². The van der Waals surface area contributed by atoms with Crippen molar-refractivity contribution in [2.45, 2.75) is 6.04 Å². The van der Waals surface area contributed by atoms with Crippen LogP contribution in [0.4, 0.5) is 0 Å². The van der Waals surface area contributed by atoms with Crippen molar-refractivity contribution in [2.75, 3.05) is 6.61 Å². The number of hydroxylamine groups is 1. The van der Waals surface area contributed by atoms with Gasteiger partial charge in [-0.3, -0.25) is 14.4 Å².